The van der Waals surface area contributed by atoms with Crippen LogP contribution in [0.1, 0.15) is 6.42 Å². The van der Waals surface area contributed by atoms with Crippen LogP contribution < -0.4 is 15.5 Å². The minimum absolute atomic E-state index is 0.235. The summed E-state index contributed by atoms with van der Waals surface area (Å²) < 4.78 is 25.9. The van der Waals surface area contributed by atoms with Crippen molar-refractivity contribution in [3.05, 3.63) is 60.2 Å². The van der Waals surface area contributed by atoms with Crippen molar-refractivity contribution in [2.45, 2.75) is 6.42 Å². The predicted molar refractivity (Wildman–Crippen MR) is 108 cm³/mol. The van der Waals surface area contributed by atoms with Crippen LogP contribution in [0.4, 0.5) is 20.2 Å². The number of nitrogens with zero attached hydrogens (tertiary/aromatic N) is 2. The van der Waals surface area contributed by atoms with Gasteiger partial charge in [0.05, 0.1) is 0 Å². The maximum absolute atomic E-state index is 13.0. The van der Waals surface area contributed by atoms with Crippen molar-refractivity contribution in [1.82, 2.24) is 10.2 Å². The van der Waals surface area contributed by atoms with Gasteiger partial charge in [0.15, 0.2) is 0 Å². The first-order chi connectivity index (χ1) is 14.0. The molecule has 0 radical (unpaired) electrons. The largest absolute Gasteiger partial charge is 0.369 e. The van der Waals surface area contributed by atoms with Gasteiger partial charge >= 0.3 is 11.8 Å². The van der Waals surface area contributed by atoms with Crippen molar-refractivity contribution >= 4 is 23.2 Å². The molecule has 8 heteroatoms. The zero-order chi connectivity index (χ0) is 20.6. The number of carbonyl (C=O) groups excluding carboxylic acids is 2. The van der Waals surface area contributed by atoms with Gasteiger partial charge < -0.3 is 15.5 Å². The third-order valence-corrected chi connectivity index (χ3v) is 4.81. The Bertz CT molecular complexity index is 820. The highest BCUT2D eigenvalue weighted by Crippen LogP contribution is 2.16. The molecule has 2 amide bonds. The lowest BCUT2D eigenvalue weighted by Crippen LogP contribution is -2.47. The Balaban J connectivity index is 1.31. The normalized spacial score (nSPS) is 14.5. The molecule has 1 heterocycles. The van der Waals surface area contributed by atoms with Gasteiger partial charge in [-0.2, -0.15) is 0 Å². The number of amides is 2. The van der Waals surface area contributed by atoms with E-state index >= 15 is 0 Å². The van der Waals surface area contributed by atoms with Crippen molar-refractivity contribution in [1.29, 1.82) is 0 Å². The van der Waals surface area contributed by atoms with E-state index in [0.29, 0.717) is 12.2 Å². The molecule has 29 heavy (non-hydrogen) atoms. The third-order valence-electron chi connectivity index (χ3n) is 4.81. The number of benzene rings is 2. The smallest absolute Gasteiger partial charge is 0.313 e. The van der Waals surface area contributed by atoms with Gasteiger partial charge in [0, 0.05) is 44.1 Å². The number of hydrogen-bond acceptors (Lipinski definition) is 4. The fourth-order valence-corrected chi connectivity index (χ4v) is 3.19. The molecule has 6 nitrogen and oxygen atoms in total. The SMILES string of the molecule is O=C(NCCCN1CCN(c2ccc(F)cc2)CC1)C(=O)Nc1ccc(F)cc1. The quantitative estimate of drug-likeness (QED) is 0.575. The molecule has 1 fully saturated rings. The van der Waals surface area contributed by atoms with Gasteiger partial charge in [-0.25, -0.2) is 8.78 Å². The molecular weight excluding hydrogens is 378 g/mol. The van der Waals surface area contributed by atoms with Crippen molar-refractivity contribution in [2.24, 2.45) is 0 Å². The first kappa shape index (κ1) is 20.7. The molecule has 1 aliphatic rings. The lowest BCUT2D eigenvalue weighted by Gasteiger charge is -2.36. The highest BCUT2D eigenvalue weighted by atomic mass is 19.1. The summed E-state index contributed by atoms with van der Waals surface area (Å²) in [5.41, 5.74) is 1.39. The molecule has 2 aromatic rings. The molecule has 1 saturated heterocycles. The van der Waals surface area contributed by atoms with Crippen LogP contribution in [0, 0.1) is 11.6 Å². The van der Waals surface area contributed by atoms with E-state index in [4.69, 9.17) is 0 Å². The van der Waals surface area contributed by atoms with Crippen LogP contribution in [0.2, 0.25) is 0 Å². The molecule has 2 N–H and O–H groups in total. The van der Waals surface area contributed by atoms with Crippen molar-refractivity contribution < 1.29 is 18.4 Å². The van der Waals surface area contributed by atoms with Crippen LogP contribution in [0.3, 0.4) is 0 Å². The predicted octanol–water partition coefficient (Wildman–Crippen LogP) is 2.23. The Labute approximate surface area is 168 Å². The van der Waals surface area contributed by atoms with Gasteiger partial charge in [-0.1, -0.05) is 0 Å². The maximum atomic E-state index is 13.0. The molecule has 154 valence electrons. The molecule has 0 spiro atoms. The lowest BCUT2D eigenvalue weighted by atomic mass is 10.2. The van der Waals surface area contributed by atoms with Crippen molar-refractivity contribution in [2.75, 3.05) is 49.5 Å². The first-order valence-corrected chi connectivity index (χ1v) is 9.59. The average Bonchev–Trinajstić information content (AvgIpc) is 2.74. The van der Waals surface area contributed by atoms with E-state index in [1.54, 1.807) is 12.1 Å². The van der Waals surface area contributed by atoms with E-state index < -0.39 is 17.6 Å². The van der Waals surface area contributed by atoms with Crippen molar-refractivity contribution in [3.63, 3.8) is 0 Å². The van der Waals surface area contributed by atoms with Crippen LogP contribution in [0.5, 0.6) is 0 Å². The number of rotatable bonds is 6. The summed E-state index contributed by atoms with van der Waals surface area (Å²) in [5.74, 6) is -2.13. The van der Waals surface area contributed by atoms with Gasteiger partial charge in [-0.15, -0.1) is 0 Å². The average molecular weight is 402 g/mol. The number of anilines is 2. The summed E-state index contributed by atoms with van der Waals surface area (Å²) in [6.45, 7) is 4.70. The fraction of sp³-hybridized carbons (Fsp3) is 0.333. The van der Waals surface area contributed by atoms with E-state index in [1.807, 2.05) is 0 Å². The third kappa shape index (κ3) is 6.25. The van der Waals surface area contributed by atoms with E-state index in [2.05, 4.69) is 20.4 Å². The minimum atomic E-state index is -0.774. The summed E-state index contributed by atoms with van der Waals surface area (Å²) in [5, 5.41) is 5.02. The molecule has 3 rings (SSSR count). The topological polar surface area (TPSA) is 64.7 Å². The molecular formula is C21H24F2N4O2. The van der Waals surface area contributed by atoms with Gasteiger partial charge in [0.2, 0.25) is 0 Å². The highest BCUT2D eigenvalue weighted by molar-refractivity contribution is 6.39. The summed E-state index contributed by atoms with van der Waals surface area (Å²) in [7, 11) is 0. The second-order valence-electron chi connectivity index (χ2n) is 6.88. The number of carbonyl (C=O) groups is 2. The molecule has 0 bridgehead atoms. The number of piperazine rings is 1. The molecule has 1 aliphatic heterocycles. The molecule has 2 aromatic carbocycles. The van der Waals surface area contributed by atoms with Crippen LogP contribution in [0.15, 0.2) is 48.5 Å². The van der Waals surface area contributed by atoms with Gasteiger partial charge in [-0.3, -0.25) is 14.5 Å². The lowest BCUT2D eigenvalue weighted by molar-refractivity contribution is -0.136. The number of halogens is 2. The van der Waals surface area contributed by atoms with Crippen LogP contribution >= 0.6 is 0 Å². The zero-order valence-corrected chi connectivity index (χ0v) is 16.0. The number of nitrogens with one attached hydrogen (secondary N) is 2. The summed E-state index contributed by atoms with van der Waals surface area (Å²) in [6, 6.07) is 11.7. The Hall–Kier alpha value is -3.00. The van der Waals surface area contributed by atoms with E-state index in [-0.39, 0.29) is 5.82 Å². The molecule has 0 aliphatic carbocycles. The second-order valence-corrected chi connectivity index (χ2v) is 6.88. The molecule has 0 atom stereocenters. The molecule has 0 aromatic heterocycles. The van der Waals surface area contributed by atoms with E-state index in [0.717, 1.165) is 44.8 Å². The maximum Gasteiger partial charge on any atom is 0.313 e. The van der Waals surface area contributed by atoms with Crippen LogP contribution in [0.25, 0.3) is 0 Å². The van der Waals surface area contributed by atoms with Gasteiger partial charge in [0.1, 0.15) is 11.6 Å². The monoisotopic (exact) mass is 402 g/mol. The Morgan fingerprint density at radius 2 is 1.41 bits per heavy atom. The Morgan fingerprint density at radius 3 is 2.03 bits per heavy atom. The second kappa shape index (κ2) is 9.97. The number of hydrogen-bond donors (Lipinski definition) is 2. The minimum Gasteiger partial charge on any atom is -0.369 e. The Kier molecular flexibility index (Phi) is 7.13. The standard InChI is InChI=1S/C21H24F2N4O2/c22-16-2-6-18(7-3-16)25-21(29)20(28)24-10-1-11-26-12-14-27(15-13-26)19-8-4-17(23)5-9-19/h2-9H,1,10-15H2,(H,24,28)(H,25,29). The van der Waals surface area contributed by atoms with Crippen LogP contribution in [-0.4, -0.2) is 56.0 Å². The Morgan fingerprint density at radius 1 is 0.828 bits per heavy atom. The molecule has 0 unspecified atom stereocenters. The van der Waals surface area contributed by atoms with Gasteiger partial charge in [-0.05, 0) is 61.5 Å². The van der Waals surface area contributed by atoms with E-state index in [1.165, 1.54) is 36.4 Å². The summed E-state index contributed by atoms with van der Waals surface area (Å²) >= 11 is 0. The van der Waals surface area contributed by atoms with Crippen molar-refractivity contribution in [3.8, 4) is 0 Å². The van der Waals surface area contributed by atoms with Gasteiger partial charge in [0.25, 0.3) is 0 Å². The molecule has 0 saturated carbocycles. The van der Waals surface area contributed by atoms with Crippen LogP contribution in [-0.2, 0) is 9.59 Å². The zero-order valence-electron chi connectivity index (χ0n) is 16.0. The summed E-state index contributed by atoms with van der Waals surface area (Å²) in [4.78, 5) is 28.2. The first-order valence-electron chi connectivity index (χ1n) is 9.59. The highest BCUT2D eigenvalue weighted by Gasteiger charge is 2.17. The fourth-order valence-electron chi connectivity index (χ4n) is 3.19. The van der Waals surface area contributed by atoms with E-state index in [9.17, 15) is 18.4 Å². The summed E-state index contributed by atoms with van der Waals surface area (Å²) in [6.07, 6.45) is 0.728.